The van der Waals surface area contributed by atoms with E-state index in [4.69, 9.17) is 4.74 Å². The highest BCUT2D eigenvalue weighted by atomic mass is 19.4. The molecular weight excluding hydrogens is 407 g/mol. The molecule has 0 saturated heterocycles. The molecular formula is C23H16F3N3O2. The Balaban J connectivity index is 1.50. The van der Waals surface area contributed by atoms with Crippen LogP contribution in [-0.2, 0) is 6.18 Å². The van der Waals surface area contributed by atoms with Gasteiger partial charge >= 0.3 is 12.2 Å². The Bertz CT molecular complexity index is 1240. The highest BCUT2D eigenvalue weighted by Gasteiger charge is 2.30. The molecule has 156 valence electrons. The van der Waals surface area contributed by atoms with Crippen LogP contribution < -0.4 is 15.4 Å². The van der Waals surface area contributed by atoms with Gasteiger partial charge < -0.3 is 15.4 Å². The fourth-order valence-corrected chi connectivity index (χ4v) is 2.97. The van der Waals surface area contributed by atoms with Crippen molar-refractivity contribution in [3.8, 4) is 11.6 Å². The van der Waals surface area contributed by atoms with Crippen molar-refractivity contribution in [3.05, 3.63) is 90.6 Å². The molecule has 3 aromatic carbocycles. The molecule has 8 heteroatoms. The Morgan fingerprint density at radius 2 is 1.65 bits per heavy atom. The van der Waals surface area contributed by atoms with Gasteiger partial charge in [-0.1, -0.05) is 36.4 Å². The number of halogens is 3. The maximum Gasteiger partial charge on any atom is 0.416 e. The summed E-state index contributed by atoms with van der Waals surface area (Å²) in [7, 11) is 0. The summed E-state index contributed by atoms with van der Waals surface area (Å²) in [5.74, 6) is -0.0815. The number of hydrogen-bond donors (Lipinski definition) is 2. The second-order valence-corrected chi connectivity index (χ2v) is 6.62. The van der Waals surface area contributed by atoms with Crippen LogP contribution in [0.5, 0.6) is 11.6 Å². The number of nitrogens with one attached hydrogen (secondary N) is 2. The third-order valence-corrected chi connectivity index (χ3v) is 4.40. The van der Waals surface area contributed by atoms with E-state index >= 15 is 0 Å². The van der Waals surface area contributed by atoms with Crippen molar-refractivity contribution in [1.29, 1.82) is 0 Å². The average molecular weight is 423 g/mol. The highest BCUT2D eigenvalue weighted by molar-refractivity contribution is 6.01. The zero-order valence-corrected chi connectivity index (χ0v) is 16.0. The van der Waals surface area contributed by atoms with Crippen molar-refractivity contribution < 1.29 is 22.7 Å². The van der Waals surface area contributed by atoms with Gasteiger partial charge in [-0.3, -0.25) is 0 Å². The van der Waals surface area contributed by atoms with Crippen LogP contribution in [0.4, 0.5) is 29.3 Å². The fraction of sp³-hybridized carbons (Fsp3) is 0.0435. The molecule has 0 atom stereocenters. The monoisotopic (exact) mass is 423 g/mol. The summed E-state index contributed by atoms with van der Waals surface area (Å²) in [4.78, 5) is 16.5. The lowest BCUT2D eigenvalue weighted by atomic mass is 10.1. The first kappa shape index (κ1) is 20.2. The average Bonchev–Trinajstić information content (AvgIpc) is 2.75. The van der Waals surface area contributed by atoms with Gasteiger partial charge in [0.25, 0.3) is 0 Å². The molecule has 0 radical (unpaired) electrons. The molecule has 0 aliphatic heterocycles. The van der Waals surface area contributed by atoms with Crippen molar-refractivity contribution in [2.45, 2.75) is 6.18 Å². The first-order chi connectivity index (χ1) is 14.9. The molecule has 2 N–H and O–H groups in total. The molecule has 0 unspecified atom stereocenters. The first-order valence-electron chi connectivity index (χ1n) is 9.25. The van der Waals surface area contributed by atoms with Crippen LogP contribution in [0.3, 0.4) is 0 Å². The molecule has 2 amide bonds. The summed E-state index contributed by atoms with van der Waals surface area (Å²) >= 11 is 0. The van der Waals surface area contributed by atoms with Gasteiger partial charge in [0.15, 0.2) is 0 Å². The smallest absolute Gasteiger partial charge is 0.416 e. The van der Waals surface area contributed by atoms with Gasteiger partial charge in [-0.2, -0.15) is 13.2 Å². The minimum Gasteiger partial charge on any atom is -0.437 e. The highest BCUT2D eigenvalue weighted by Crippen LogP contribution is 2.33. The minimum atomic E-state index is -4.50. The minimum absolute atomic E-state index is 0.0320. The van der Waals surface area contributed by atoms with Gasteiger partial charge in [0.1, 0.15) is 11.4 Å². The lowest BCUT2D eigenvalue weighted by Gasteiger charge is -2.13. The van der Waals surface area contributed by atoms with Gasteiger partial charge in [0.2, 0.25) is 5.88 Å². The Kier molecular flexibility index (Phi) is 5.44. The van der Waals surface area contributed by atoms with E-state index in [1.54, 1.807) is 12.1 Å². The summed E-state index contributed by atoms with van der Waals surface area (Å²) < 4.78 is 44.3. The molecule has 31 heavy (non-hydrogen) atoms. The maximum absolute atomic E-state index is 12.9. The molecule has 1 aromatic heterocycles. The number of anilines is 2. The third-order valence-electron chi connectivity index (χ3n) is 4.40. The lowest BCUT2D eigenvalue weighted by Crippen LogP contribution is -2.19. The van der Waals surface area contributed by atoms with Gasteiger partial charge in [-0.25, -0.2) is 9.78 Å². The van der Waals surface area contributed by atoms with Crippen molar-refractivity contribution in [1.82, 2.24) is 4.98 Å². The summed E-state index contributed by atoms with van der Waals surface area (Å²) in [6, 6.07) is 20.2. The van der Waals surface area contributed by atoms with Gasteiger partial charge in [0.05, 0.1) is 5.56 Å². The SMILES string of the molecule is O=C(Nc1ccc2ccccc2c1)Nc1cccnc1Oc1cccc(C(F)(F)F)c1. The summed E-state index contributed by atoms with van der Waals surface area (Å²) in [6.07, 6.45) is -3.08. The normalized spacial score (nSPS) is 11.2. The number of alkyl halides is 3. The van der Waals surface area contributed by atoms with Crippen LogP contribution in [0, 0.1) is 0 Å². The topological polar surface area (TPSA) is 63.2 Å². The van der Waals surface area contributed by atoms with E-state index in [9.17, 15) is 18.0 Å². The molecule has 0 aliphatic carbocycles. The molecule has 0 aliphatic rings. The number of nitrogens with zero attached hydrogens (tertiary/aromatic N) is 1. The fourth-order valence-electron chi connectivity index (χ4n) is 2.97. The number of pyridine rings is 1. The number of carbonyl (C=O) groups is 1. The van der Waals surface area contributed by atoms with Crippen LogP contribution in [0.15, 0.2) is 85.1 Å². The number of aromatic nitrogens is 1. The second-order valence-electron chi connectivity index (χ2n) is 6.62. The Labute approximate surface area is 175 Å². The van der Waals surface area contributed by atoms with Crippen molar-refractivity contribution in [2.24, 2.45) is 0 Å². The Hall–Kier alpha value is -4.07. The van der Waals surface area contributed by atoms with Crippen molar-refractivity contribution in [3.63, 3.8) is 0 Å². The van der Waals surface area contributed by atoms with Gasteiger partial charge in [-0.15, -0.1) is 0 Å². The number of amides is 2. The van der Waals surface area contributed by atoms with Gasteiger partial charge in [0, 0.05) is 11.9 Å². The van der Waals surface area contributed by atoms with Crippen LogP contribution in [-0.4, -0.2) is 11.0 Å². The number of fused-ring (bicyclic) bond motifs is 1. The standard InChI is InChI=1S/C23H16F3N3O2/c24-23(25,26)17-7-3-8-19(14-17)31-21-20(9-4-12-27-21)29-22(30)28-18-11-10-15-5-1-2-6-16(15)13-18/h1-14H,(H2,28,29,30). The number of hydrogen-bond acceptors (Lipinski definition) is 3. The lowest BCUT2D eigenvalue weighted by molar-refractivity contribution is -0.137. The number of urea groups is 1. The van der Waals surface area contributed by atoms with Crippen LogP contribution in [0.25, 0.3) is 10.8 Å². The molecule has 4 rings (SSSR count). The predicted octanol–water partition coefficient (Wildman–Crippen LogP) is 6.69. The summed E-state index contributed by atoms with van der Waals surface area (Å²) in [5, 5.41) is 7.34. The molecule has 4 aromatic rings. The second kappa shape index (κ2) is 8.35. The summed E-state index contributed by atoms with van der Waals surface area (Å²) in [5.41, 5.74) is -0.0527. The van der Waals surface area contributed by atoms with E-state index in [2.05, 4.69) is 15.6 Å². The number of benzene rings is 3. The molecule has 1 heterocycles. The van der Waals surface area contributed by atoms with Crippen LogP contribution >= 0.6 is 0 Å². The number of ether oxygens (including phenoxy) is 1. The van der Waals surface area contributed by atoms with Crippen LogP contribution in [0.2, 0.25) is 0 Å². The maximum atomic E-state index is 12.9. The van der Waals surface area contributed by atoms with E-state index in [0.717, 1.165) is 22.9 Å². The molecule has 0 fully saturated rings. The molecule has 0 bridgehead atoms. The van der Waals surface area contributed by atoms with E-state index in [1.807, 2.05) is 36.4 Å². The van der Waals surface area contributed by atoms with E-state index in [-0.39, 0.29) is 17.3 Å². The summed E-state index contributed by atoms with van der Waals surface area (Å²) in [6.45, 7) is 0. The van der Waals surface area contributed by atoms with E-state index in [1.165, 1.54) is 24.4 Å². The van der Waals surface area contributed by atoms with Crippen molar-refractivity contribution >= 4 is 28.2 Å². The molecule has 5 nitrogen and oxygen atoms in total. The van der Waals surface area contributed by atoms with Crippen LogP contribution in [0.1, 0.15) is 5.56 Å². The van der Waals surface area contributed by atoms with Gasteiger partial charge in [-0.05, 0) is 53.2 Å². The first-order valence-corrected chi connectivity index (χ1v) is 9.25. The molecule has 0 spiro atoms. The molecule has 0 saturated carbocycles. The zero-order valence-electron chi connectivity index (χ0n) is 16.0. The third kappa shape index (κ3) is 4.92. The number of carbonyl (C=O) groups excluding carboxylic acids is 1. The van der Waals surface area contributed by atoms with Crippen molar-refractivity contribution in [2.75, 3.05) is 10.6 Å². The van der Waals surface area contributed by atoms with E-state index < -0.39 is 17.8 Å². The quantitative estimate of drug-likeness (QED) is 0.384. The Morgan fingerprint density at radius 1 is 0.839 bits per heavy atom. The largest absolute Gasteiger partial charge is 0.437 e. The Morgan fingerprint density at radius 3 is 2.45 bits per heavy atom. The van der Waals surface area contributed by atoms with E-state index in [0.29, 0.717) is 5.69 Å². The number of rotatable bonds is 4. The predicted molar refractivity (Wildman–Crippen MR) is 112 cm³/mol. The zero-order chi connectivity index (χ0) is 21.8.